The first-order valence-electron chi connectivity index (χ1n) is 9.82. The highest BCUT2D eigenvalue weighted by Gasteiger charge is 2.42. The van der Waals surface area contributed by atoms with E-state index in [-0.39, 0.29) is 11.7 Å². The number of ether oxygens (including phenoxy) is 1. The number of para-hydroxylation sites is 1. The van der Waals surface area contributed by atoms with Crippen molar-refractivity contribution in [3.05, 3.63) is 46.8 Å². The number of benzene rings is 1. The molecule has 1 unspecified atom stereocenters. The van der Waals surface area contributed by atoms with Crippen LogP contribution in [0.2, 0.25) is 0 Å². The van der Waals surface area contributed by atoms with Crippen LogP contribution >= 0.6 is 0 Å². The van der Waals surface area contributed by atoms with Gasteiger partial charge < -0.3 is 9.64 Å². The molecule has 1 aliphatic carbocycles. The highest BCUT2D eigenvalue weighted by molar-refractivity contribution is 6.00. The highest BCUT2D eigenvalue weighted by atomic mass is 16.5. The summed E-state index contributed by atoms with van der Waals surface area (Å²) in [4.78, 5) is 27.6. The van der Waals surface area contributed by atoms with Crippen molar-refractivity contribution in [1.29, 1.82) is 0 Å². The van der Waals surface area contributed by atoms with Gasteiger partial charge in [-0.05, 0) is 44.2 Å². The number of likely N-dealkylation sites (tertiary alicyclic amines) is 1. The van der Waals surface area contributed by atoms with Crippen molar-refractivity contribution in [2.45, 2.75) is 50.5 Å². The van der Waals surface area contributed by atoms with Crippen LogP contribution < -0.4 is 4.74 Å². The highest BCUT2D eigenvalue weighted by Crippen LogP contribution is 2.39. The summed E-state index contributed by atoms with van der Waals surface area (Å²) >= 11 is 0. The molecular formula is C21H23N3O3. The summed E-state index contributed by atoms with van der Waals surface area (Å²) in [7, 11) is 0. The zero-order valence-electron chi connectivity index (χ0n) is 15.3. The van der Waals surface area contributed by atoms with Crippen LogP contribution in [0.3, 0.4) is 0 Å². The minimum Gasteiger partial charge on any atom is -0.486 e. The number of amides is 1. The fourth-order valence-corrected chi connectivity index (χ4v) is 4.74. The van der Waals surface area contributed by atoms with Crippen LogP contribution in [0.25, 0.3) is 0 Å². The van der Waals surface area contributed by atoms with Gasteiger partial charge in [-0.25, -0.2) is 0 Å². The van der Waals surface area contributed by atoms with Crippen molar-refractivity contribution in [2.75, 3.05) is 13.1 Å². The van der Waals surface area contributed by atoms with Crippen LogP contribution in [0.5, 0.6) is 5.75 Å². The molecule has 0 radical (unpaired) electrons. The summed E-state index contributed by atoms with van der Waals surface area (Å²) in [6, 6.07) is 7.47. The van der Waals surface area contributed by atoms with Gasteiger partial charge in [-0.15, -0.1) is 0 Å². The van der Waals surface area contributed by atoms with E-state index >= 15 is 0 Å². The van der Waals surface area contributed by atoms with Crippen molar-refractivity contribution >= 4 is 11.7 Å². The second-order valence-corrected chi connectivity index (χ2v) is 7.91. The molecular weight excluding hydrogens is 342 g/mol. The summed E-state index contributed by atoms with van der Waals surface area (Å²) in [5.41, 5.74) is 2.98. The number of nitrogens with zero attached hydrogens (tertiary/aromatic N) is 2. The molecule has 6 nitrogen and oxygen atoms in total. The fraction of sp³-hybridized carbons (Fsp3) is 0.476. The Balaban J connectivity index is 1.35. The molecule has 5 rings (SSSR count). The van der Waals surface area contributed by atoms with Gasteiger partial charge in [0.05, 0.1) is 12.0 Å². The van der Waals surface area contributed by atoms with E-state index in [1.807, 2.05) is 29.2 Å². The average Bonchev–Trinajstić information content (AvgIpc) is 3.22. The van der Waals surface area contributed by atoms with E-state index in [2.05, 4.69) is 10.2 Å². The number of aromatic amines is 1. The Labute approximate surface area is 157 Å². The predicted molar refractivity (Wildman–Crippen MR) is 99.1 cm³/mol. The molecule has 1 fully saturated rings. The molecule has 1 aromatic carbocycles. The smallest absolute Gasteiger partial charge is 0.274 e. The summed E-state index contributed by atoms with van der Waals surface area (Å²) < 4.78 is 6.32. The molecule has 140 valence electrons. The summed E-state index contributed by atoms with van der Waals surface area (Å²) in [6.07, 6.45) is 5.67. The quantitative estimate of drug-likeness (QED) is 0.843. The number of rotatable bonds is 1. The van der Waals surface area contributed by atoms with Gasteiger partial charge in [0.1, 0.15) is 11.4 Å². The van der Waals surface area contributed by atoms with Gasteiger partial charge in [0.25, 0.3) is 5.91 Å². The van der Waals surface area contributed by atoms with Crippen molar-refractivity contribution in [3.63, 3.8) is 0 Å². The van der Waals surface area contributed by atoms with E-state index < -0.39 is 5.60 Å². The molecule has 1 aromatic heterocycles. The number of aromatic nitrogens is 2. The standard InChI is InChI=1S/C21H23N3O3/c25-17-13-21(27-18-8-2-1-5-15(17)18)9-4-11-24(12-10-21)20(26)19-14-6-3-7-16(14)22-23-19/h1-2,5,8H,3-4,6-7,9-13H2,(H,22,23). The van der Waals surface area contributed by atoms with Gasteiger partial charge in [0.2, 0.25) is 0 Å². The van der Waals surface area contributed by atoms with Crippen molar-refractivity contribution in [1.82, 2.24) is 15.1 Å². The third-order valence-corrected chi connectivity index (χ3v) is 6.19. The zero-order chi connectivity index (χ0) is 18.4. The van der Waals surface area contributed by atoms with E-state index in [4.69, 9.17) is 4.74 Å². The van der Waals surface area contributed by atoms with Crippen molar-refractivity contribution in [3.8, 4) is 5.75 Å². The van der Waals surface area contributed by atoms with Gasteiger partial charge in [-0.2, -0.15) is 5.10 Å². The topological polar surface area (TPSA) is 75.3 Å². The number of aryl methyl sites for hydroxylation is 1. The minimum absolute atomic E-state index is 0.00832. The number of H-pyrrole nitrogens is 1. The molecule has 0 bridgehead atoms. The molecule has 3 heterocycles. The number of fused-ring (bicyclic) bond motifs is 2. The molecule has 2 aliphatic heterocycles. The second kappa shape index (κ2) is 6.22. The van der Waals surface area contributed by atoms with Crippen LogP contribution in [-0.2, 0) is 12.8 Å². The van der Waals surface area contributed by atoms with Gasteiger partial charge >= 0.3 is 0 Å². The van der Waals surface area contributed by atoms with Crippen LogP contribution in [0.4, 0.5) is 0 Å². The maximum Gasteiger partial charge on any atom is 0.274 e. The molecule has 27 heavy (non-hydrogen) atoms. The Morgan fingerprint density at radius 2 is 2.04 bits per heavy atom. The van der Waals surface area contributed by atoms with Gasteiger partial charge in [-0.3, -0.25) is 14.7 Å². The van der Waals surface area contributed by atoms with Crippen LogP contribution in [-0.4, -0.2) is 45.5 Å². The van der Waals surface area contributed by atoms with Crippen LogP contribution in [0, 0.1) is 0 Å². The Morgan fingerprint density at radius 1 is 1.15 bits per heavy atom. The SMILES string of the molecule is O=C1CC2(CCCN(C(=O)c3n[nH]c4c3CCC4)CC2)Oc2ccccc21. The third kappa shape index (κ3) is 2.74. The monoisotopic (exact) mass is 365 g/mol. The molecule has 0 saturated carbocycles. The fourth-order valence-electron chi connectivity index (χ4n) is 4.74. The number of ketones is 1. The molecule has 6 heteroatoms. The van der Waals surface area contributed by atoms with E-state index in [0.29, 0.717) is 42.9 Å². The number of hydrogen-bond donors (Lipinski definition) is 1. The number of Topliss-reactive ketones (excluding diaryl/α,β-unsaturated/α-hetero) is 1. The first-order valence-corrected chi connectivity index (χ1v) is 9.82. The largest absolute Gasteiger partial charge is 0.486 e. The zero-order valence-corrected chi connectivity index (χ0v) is 15.3. The average molecular weight is 365 g/mol. The minimum atomic E-state index is -0.492. The maximum atomic E-state index is 13.0. The van der Waals surface area contributed by atoms with E-state index in [9.17, 15) is 9.59 Å². The molecule has 1 spiro atoms. The molecule has 1 amide bonds. The number of carbonyl (C=O) groups is 2. The summed E-state index contributed by atoms with van der Waals surface area (Å²) in [5, 5.41) is 7.32. The number of carbonyl (C=O) groups excluding carboxylic acids is 2. The Hall–Kier alpha value is -2.63. The Morgan fingerprint density at radius 3 is 2.96 bits per heavy atom. The van der Waals surface area contributed by atoms with Crippen LogP contribution in [0.1, 0.15) is 64.2 Å². The van der Waals surface area contributed by atoms with Gasteiger partial charge in [-0.1, -0.05) is 12.1 Å². The first-order chi connectivity index (χ1) is 13.2. The summed E-state index contributed by atoms with van der Waals surface area (Å²) in [5.74, 6) is 0.828. The molecule has 2 aromatic rings. The molecule has 1 saturated heterocycles. The van der Waals surface area contributed by atoms with Crippen LogP contribution in [0.15, 0.2) is 24.3 Å². The predicted octanol–water partition coefficient (Wildman–Crippen LogP) is 2.93. The Kier molecular flexibility index (Phi) is 3.81. The molecule has 1 atom stereocenters. The number of nitrogens with one attached hydrogen (secondary N) is 1. The lowest BCUT2D eigenvalue weighted by atomic mass is 9.84. The van der Waals surface area contributed by atoms with Gasteiger partial charge in [0.15, 0.2) is 11.5 Å². The van der Waals surface area contributed by atoms with E-state index in [1.54, 1.807) is 0 Å². The first kappa shape index (κ1) is 16.5. The Bertz CT molecular complexity index is 919. The second-order valence-electron chi connectivity index (χ2n) is 7.91. The normalized spacial score (nSPS) is 24.3. The van der Waals surface area contributed by atoms with E-state index in [1.165, 1.54) is 0 Å². The summed E-state index contributed by atoms with van der Waals surface area (Å²) in [6.45, 7) is 1.28. The van der Waals surface area contributed by atoms with Crippen molar-refractivity contribution < 1.29 is 14.3 Å². The number of hydrogen-bond acceptors (Lipinski definition) is 4. The third-order valence-electron chi connectivity index (χ3n) is 6.19. The van der Waals surface area contributed by atoms with Crippen molar-refractivity contribution in [2.24, 2.45) is 0 Å². The van der Waals surface area contributed by atoms with E-state index in [0.717, 1.165) is 43.4 Å². The lowest BCUT2D eigenvalue weighted by Gasteiger charge is -2.37. The molecule has 1 N–H and O–H groups in total. The lowest BCUT2D eigenvalue weighted by molar-refractivity contribution is 0.0300. The lowest BCUT2D eigenvalue weighted by Crippen LogP contribution is -2.43. The van der Waals surface area contributed by atoms with Gasteiger partial charge in [0, 0.05) is 30.8 Å². The molecule has 3 aliphatic rings. The maximum absolute atomic E-state index is 13.0.